The molecular formula is C16H27NO3. The summed E-state index contributed by atoms with van der Waals surface area (Å²) in [6, 6.07) is 6.58. The topological polar surface area (TPSA) is 39.7 Å². The highest BCUT2D eigenvalue weighted by atomic mass is 16.5. The zero-order valence-electron chi connectivity index (χ0n) is 13.1. The molecule has 20 heavy (non-hydrogen) atoms. The second-order valence-corrected chi connectivity index (χ2v) is 4.88. The van der Waals surface area contributed by atoms with E-state index in [9.17, 15) is 0 Å². The van der Waals surface area contributed by atoms with Crippen LogP contribution >= 0.6 is 0 Å². The lowest BCUT2D eigenvalue weighted by molar-refractivity contribution is 0.181. The highest BCUT2D eigenvalue weighted by Crippen LogP contribution is 2.24. The molecule has 0 saturated carbocycles. The maximum atomic E-state index is 5.34. The third-order valence-electron chi connectivity index (χ3n) is 3.33. The molecule has 114 valence electrons. The molecule has 0 heterocycles. The van der Waals surface area contributed by atoms with E-state index in [0.29, 0.717) is 12.6 Å². The average molecular weight is 281 g/mol. The average Bonchev–Trinajstić information content (AvgIpc) is 2.47. The predicted octanol–water partition coefficient (Wildman–Crippen LogP) is 2.92. The minimum Gasteiger partial charge on any atom is -0.496 e. The first kappa shape index (κ1) is 17.0. The molecule has 4 heteroatoms. The Morgan fingerprint density at radius 3 is 2.55 bits per heavy atom. The number of nitrogens with one attached hydrogen (secondary N) is 1. The van der Waals surface area contributed by atoms with Gasteiger partial charge in [-0.1, -0.05) is 6.07 Å². The fraction of sp³-hybridized carbons (Fsp3) is 0.625. The molecule has 0 bridgehead atoms. The van der Waals surface area contributed by atoms with Gasteiger partial charge in [-0.25, -0.2) is 0 Å². The lowest BCUT2D eigenvalue weighted by Gasteiger charge is -2.17. The summed E-state index contributed by atoms with van der Waals surface area (Å²) < 4.78 is 15.6. The maximum Gasteiger partial charge on any atom is 0.124 e. The molecule has 0 fully saturated rings. The van der Waals surface area contributed by atoms with Gasteiger partial charge in [0.25, 0.3) is 0 Å². The molecule has 0 aliphatic heterocycles. The van der Waals surface area contributed by atoms with Crippen LogP contribution in [0.15, 0.2) is 18.2 Å². The number of benzene rings is 1. The molecule has 0 spiro atoms. The van der Waals surface area contributed by atoms with Crippen molar-refractivity contribution in [3.05, 3.63) is 29.3 Å². The van der Waals surface area contributed by atoms with Crippen molar-refractivity contribution in [3.8, 4) is 5.75 Å². The van der Waals surface area contributed by atoms with Gasteiger partial charge in [0, 0.05) is 32.4 Å². The Hall–Kier alpha value is -1.10. The van der Waals surface area contributed by atoms with Crippen molar-refractivity contribution in [1.82, 2.24) is 5.32 Å². The van der Waals surface area contributed by atoms with Crippen LogP contribution in [0, 0.1) is 0 Å². The molecule has 1 rings (SSSR count). The van der Waals surface area contributed by atoms with E-state index in [1.165, 1.54) is 5.56 Å². The third-order valence-corrected chi connectivity index (χ3v) is 3.33. The maximum absolute atomic E-state index is 5.34. The van der Waals surface area contributed by atoms with Crippen LogP contribution in [0.4, 0.5) is 0 Å². The van der Waals surface area contributed by atoms with Crippen LogP contribution in [0.25, 0.3) is 0 Å². The summed E-state index contributed by atoms with van der Waals surface area (Å²) in [7, 11) is 5.12. The van der Waals surface area contributed by atoms with Gasteiger partial charge < -0.3 is 19.5 Å². The van der Waals surface area contributed by atoms with Crippen LogP contribution in [0.5, 0.6) is 5.75 Å². The van der Waals surface area contributed by atoms with Crippen LogP contribution in [0.2, 0.25) is 0 Å². The SMILES string of the molecule is COCCCCNC(C)c1ccc(OC)c(COC)c1. The number of hydrogen-bond acceptors (Lipinski definition) is 4. The summed E-state index contributed by atoms with van der Waals surface area (Å²) >= 11 is 0. The monoisotopic (exact) mass is 281 g/mol. The molecule has 0 aliphatic carbocycles. The summed E-state index contributed by atoms with van der Waals surface area (Å²) in [5.41, 5.74) is 2.34. The van der Waals surface area contributed by atoms with Crippen molar-refractivity contribution in [2.24, 2.45) is 0 Å². The molecule has 0 aliphatic rings. The normalized spacial score (nSPS) is 12.4. The van der Waals surface area contributed by atoms with E-state index in [-0.39, 0.29) is 0 Å². The first-order chi connectivity index (χ1) is 9.72. The molecule has 0 saturated heterocycles. The number of methoxy groups -OCH3 is 3. The highest BCUT2D eigenvalue weighted by molar-refractivity contribution is 5.38. The molecule has 0 amide bonds. The molecule has 1 aromatic rings. The van der Waals surface area contributed by atoms with E-state index in [1.54, 1.807) is 21.3 Å². The van der Waals surface area contributed by atoms with E-state index in [4.69, 9.17) is 14.2 Å². The van der Waals surface area contributed by atoms with Gasteiger partial charge in [0.05, 0.1) is 13.7 Å². The Kier molecular flexibility index (Phi) is 8.26. The summed E-state index contributed by atoms with van der Waals surface area (Å²) in [6.45, 7) is 4.57. The minimum atomic E-state index is 0.319. The van der Waals surface area contributed by atoms with Gasteiger partial charge in [0.15, 0.2) is 0 Å². The largest absolute Gasteiger partial charge is 0.496 e. The molecule has 1 atom stereocenters. The van der Waals surface area contributed by atoms with Crippen molar-refractivity contribution in [1.29, 1.82) is 0 Å². The van der Waals surface area contributed by atoms with E-state index in [2.05, 4.69) is 24.4 Å². The number of ether oxygens (including phenoxy) is 3. The first-order valence-corrected chi connectivity index (χ1v) is 7.11. The fourth-order valence-electron chi connectivity index (χ4n) is 2.14. The van der Waals surface area contributed by atoms with E-state index >= 15 is 0 Å². The molecule has 0 radical (unpaired) electrons. The molecule has 1 unspecified atom stereocenters. The molecular weight excluding hydrogens is 254 g/mol. The number of unbranched alkanes of at least 4 members (excludes halogenated alkanes) is 1. The quantitative estimate of drug-likeness (QED) is 0.669. The smallest absolute Gasteiger partial charge is 0.124 e. The molecule has 4 nitrogen and oxygen atoms in total. The summed E-state index contributed by atoms with van der Waals surface area (Å²) in [5, 5.41) is 3.53. The number of rotatable bonds is 10. The zero-order valence-corrected chi connectivity index (χ0v) is 13.1. The highest BCUT2D eigenvalue weighted by Gasteiger charge is 2.09. The number of hydrogen-bond donors (Lipinski definition) is 1. The second-order valence-electron chi connectivity index (χ2n) is 4.88. The van der Waals surface area contributed by atoms with Gasteiger partial charge in [0.1, 0.15) is 5.75 Å². The van der Waals surface area contributed by atoms with E-state index < -0.39 is 0 Å². The van der Waals surface area contributed by atoms with Crippen LogP contribution < -0.4 is 10.1 Å². The Morgan fingerprint density at radius 1 is 1.10 bits per heavy atom. The van der Waals surface area contributed by atoms with Gasteiger partial charge in [0.2, 0.25) is 0 Å². The van der Waals surface area contributed by atoms with Crippen molar-refractivity contribution < 1.29 is 14.2 Å². The van der Waals surface area contributed by atoms with Crippen molar-refractivity contribution in [2.45, 2.75) is 32.4 Å². The Labute approximate surface area is 122 Å². The van der Waals surface area contributed by atoms with E-state index in [1.807, 2.05) is 6.07 Å². The summed E-state index contributed by atoms with van der Waals surface area (Å²) in [6.07, 6.45) is 2.22. The van der Waals surface area contributed by atoms with Crippen LogP contribution in [-0.2, 0) is 16.1 Å². The van der Waals surface area contributed by atoms with Crippen LogP contribution in [-0.4, -0.2) is 34.5 Å². The van der Waals surface area contributed by atoms with E-state index in [0.717, 1.165) is 37.3 Å². The van der Waals surface area contributed by atoms with Crippen molar-refractivity contribution >= 4 is 0 Å². The van der Waals surface area contributed by atoms with Gasteiger partial charge >= 0.3 is 0 Å². The Morgan fingerprint density at radius 2 is 1.90 bits per heavy atom. The van der Waals surface area contributed by atoms with Gasteiger partial charge in [-0.3, -0.25) is 0 Å². The lowest BCUT2D eigenvalue weighted by Crippen LogP contribution is -2.20. The standard InChI is InChI=1S/C16H27NO3/c1-13(17-9-5-6-10-18-2)14-7-8-16(20-4)15(11-14)12-19-3/h7-8,11,13,17H,5-6,9-10,12H2,1-4H3. The van der Waals surface area contributed by atoms with Gasteiger partial charge in [-0.05, 0) is 44.0 Å². The third kappa shape index (κ3) is 5.49. The molecule has 1 N–H and O–H groups in total. The lowest BCUT2D eigenvalue weighted by atomic mass is 10.0. The van der Waals surface area contributed by atoms with Crippen molar-refractivity contribution in [3.63, 3.8) is 0 Å². The second kappa shape index (κ2) is 9.75. The minimum absolute atomic E-state index is 0.319. The summed E-state index contributed by atoms with van der Waals surface area (Å²) in [4.78, 5) is 0. The Bertz CT molecular complexity index is 382. The summed E-state index contributed by atoms with van der Waals surface area (Å²) in [5.74, 6) is 0.878. The van der Waals surface area contributed by atoms with Crippen molar-refractivity contribution in [2.75, 3.05) is 34.5 Å². The fourth-order valence-corrected chi connectivity index (χ4v) is 2.14. The molecule has 0 aromatic heterocycles. The van der Waals surface area contributed by atoms with Crippen LogP contribution in [0.3, 0.4) is 0 Å². The van der Waals surface area contributed by atoms with Gasteiger partial charge in [-0.15, -0.1) is 0 Å². The zero-order chi connectivity index (χ0) is 14.8. The first-order valence-electron chi connectivity index (χ1n) is 7.11. The predicted molar refractivity (Wildman–Crippen MR) is 81.2 cm³/mol. The van der Waals surface area contributed by atoms with Gasteiger partial charge in [-0.2, -0.15) is 0 Å². The van der Waals surface area contributed by atoms with Crippen LogP contribution in [0.1, 0.15) is 36.9 Å². The molecule has 1 aromatic carbocycles. The Balaban J connectivity index is 2.54.